The first-order valence-electron chi connectivity index (χ1n) is 10.3. The largest absolute Gasteiger partial charge is 0.504 e. The number of phenolic OH excluding ortho intramolecular Hbond substituents is 1. The summed E-state index contributed by atoms with van der Waals surface area (Å²) >= 11 is 0. The average Bonchev–Trinajstić information content (AvgIpc) is 3.08. The van der Waals surface area contributed by atoms with Gasteiger partial charge in [0.25, 0.3) is 5.91 Å². The predicted molar refractivity (Wildman–Crippen MR) is 118 cm³/mol. The van der Waals surface area contributed by atoms with Crippen LogP contribution in [0.4, 0.5) is 0 Å². The molecule has 0 saturated carbocycles. The maximum Gasteiger partial charge on any atom is 0.291 e. The Morgan fingerprint density at radius 1 is 1.12 bits per heavy atom. The van der Waals surface area contributed by atoms with Crippen LogP contribution >= 0.6 is 0 Å². The molecule has 0 saturated heterocycles. The van der Waals surface area contributed by atoms with Gasteiger partial charge in [-0.05, 0) is 48.4 Å². The lowest BCUT2D eigenvalue weighted by molar-refractivity contribution is 0.0714. The molecule has 0 aliphatic carbocycles. The molecule has 2 aromatic heterocycles. The molecule has 1 amide bonds. The normalized spacial score (nSPS) is 15.2. The van der Waals surface area contributed by atoms with Gasteiger partial charge in [0.05, 0.1) is 23.6 Å². The summed E-state index contributed by atoms with van der Waals surface area (Å²) in [6.45, 7) is 2.42. The summed E-state index contributed by atoms with van der Waals surface area (Å²) in [4.78, 5) is 32.7. The summed E-state index contributed by atoms with van der Waals surface area (Å²) in [5.41, 5.74) is 1.86. The van der Waals surface area contributed by atoms with Crippen molar-refractivity contribution >= 4 is 16.9 Å². The molecule has 5 rings (SSSR count). The van der Waals surface area contributed by atoms with Crippen molar-refractivity contribution in [2.75, 3.05) is 6.61 Å². The third kappa shape index (κ3) is 3.19. The van der Waals surface area contributed by atoms with Crippen LogP contribution in [0.3, 0.4) is 0 Å². The molecule has 0 spiro atoms. The molecule has 4 aromatic rings. The fraction of sp³-hybridized carbons (Fsp3) is 0.160. The van der Waals surface area contributed by atoms with E-state index < -0.39 is 6.04 Å². The number of rotatable bonds is 5. The Morgan fingerprint density at radius 3 is 2.75 bits per heavy atom. The van der Waals surface area contributed by atoms with Crippen molar-refractivity contribution in [2.24, 2.45) is 0 Å². The first-order chi connectivity index (χ1) is 15.6. The SMILES string of the molecule is CCOc1cc([C@@H]2c3c(oc4ccccc4c3=O)C(=O)N2Cc2cccnc2)ccc1O. The van der Waals surface area contributed by atoms with Crippen molar-refractivity contribution in [3.63, 3.8) is 0 Å². The standard InChI is InChI=1S/C25H20N2O5/c1-2-31-20-12-16(9-10-18(20)28)22-21-23(29)17-7-3-4-8-19(17)32-24(21)25(30)27(22)14-15-6-5-11-26-13-15/h3-13,22,28H,2,14H2,1H3/t22-/m1/s1. The van der Waals surface area contributed by atoms with E-state index in [1.54, 1.807) is 59.8 Å². The molecule has 32 heavy (non-hydrogen) atoms. The maximum absolute atomic E-state index is 13.5. The second-order valence-electron chi connectivity index (χ2n) is 7.53. The predicted octanol–water partition coefficient (Wildman–Crippen LogP) is 4.04. The van der Waals surface area contributed by atoms with E-state index in [0.717, 1.165) is 5.56 Å². The maximum atomic E-state index is 13.5. The van der Waals surface area contributed by atoms with Crippen LogP contribution in [0.2, 0.25) is 0 Å². The molecule has 1 aliphatic heterocycles. The Balaban J connectivity index is 1.72. The fourth-order valence-electron chi connectivity index (χ4n) is 4.14. The monoisotopic (exact) mass is 428 g/mol. The van der Waals surface area contributed by atoms with Crippen LogP contribution in [0.1, 0.15) is 40.2 Å². The number of para-hydroxylation sites is 1. The van der Waals surface area contributed by atoms with Gasteiger partial charge in [0.2, 0.25) is 5.76 Å². The number of carbonyl (C=O) groups excluding carboxylic acids is 1. The van der Waals surface area contributed by atoms with Gasteiger partial charge in [-0.1, -0.05) is 24.3 Å². The highest BCUT2D eigenvalue weighted by Crippen LogP contribution is 2.41. The van der Waals surface area contributed by atoms with E-state index >= 15 is 0 Å². The zero-order valence-corrected chi connectivity index (χ0v) is 17.3. The molecule has 1 N–H and O–H groups in total. The number of amides is 1. The molecular formula is C25H20N2O5. The van der Waals surface area contributed by atoms with Crippen LogP contribution < -0.4 is 10.2 Å². The Morgan fingerprint density at radius 2 is 1.97 bits per heavy atom. The van der Waals surface area contributed by atoms with Gasteiger partial charge < -0.3 is 19.2 Å². The van der Waals surface area contributed by atoms with Gasteiger partial charge in [-0.3, -0.25) is 14.6 Å². The van der Waals surface area contributed by atoms with Crippen LogP contribution in [0.25, 0.3) is 11.0 Å². The van der Waals surface area contributed by atoms with Crippen LogP contribution in [-0.4, -0.2) is 27.5 Å². The van der Waals surface area contributed by atoms with Crippen molar-refractivity contribution in [1.82, 2.24) is 9.88 Å². The topological polar surface area (TPSA) is 92.9 Å². The van der Waals surface area contributed by atoms with Crippen LogP contribution in [0.5, 0.6) is 11.5 Å². The molecule has 7 heteroatoms. The number of carbonyl (C=O) groups is 1. The highest BCUT2D eigenvalue weighted by molar-refractivity contribution is 5.99. The van der Waals surface area contributed by atoms with E-state index in [0.29, 0.717) is 23.1 Å². The lowest BCUT2D eigenvalue weighted by Crippen LogP contribution is -2.29. The fourth-order valence-corrected chi connectivity index (χ4v) is 4.14. The quantitative estimate of drug-likeness (QED) is 0.516. The average molecular weight is 428 g/mol. The first-order valence-corrected chi connectivity index (χ1v) is 10.3. The van der Waals surface area contributed by atoms with E-state index in [9.17, 15) is 14.7 Å². The van der Waals surface area contributed by atoms with Crippen molar-refractivity contribution in [3.05, 3.63) is 99.7 Å². The minimum Gasteiger partial charge on any atom is -0.504 e. The molecule has 160 valence electrons. The van der Waals surface area contributed by atoms with Crippen LogP contribution in [-0.2, 0) is 6.54 Å². The second-order valence-corrected chi connectivity index (χ2v) is 7.53. The number of hydrogen-bond donors (Lipinski definition) is 1. The van der Waals surface area contributed by atoms with Crippen LogP contribution in [0.15, 0.2) is 76.2 Å². The lowest BCUT2D eigenvalue weighted by Gasteiger charge is -2.25. The molecule has 0 bridgehead atoms. The van der Waals surface area contributed by atoms with E-state index in [1.165, 1.54) is 6.07 Å². The number of aromatic hydroxyl groups is 1. The van der Waals surface area contributed by atoms with Crippen molar-refractivity contribution < 1.29 is 19.1 Å². The number of benzene rings is 2. The van der Waals surface area contributed by atoms with E-state index in [1.807, 2.05) is 13.0 Å². The van der Waals surface area contributed by atoms with Gasteiger partial charge in [-0.15, -0.1) is 0 Å². The zero-order valence-electron chi connectivity index (χ0n) is 17.3. The summed E-state index contributed by atoms with van der Waals surface area (Å²) < 4.78 is 11.5. The van der Waals surface area contributed by atoms with E-state index in [2.05, 4.69) is 4.98 Å². The Kier molecular flexibility index (Phi) is 4.86. The summed E-state index contributed by atoms with van der Waals surface area (Å²) in [6.07, 6.45) is 3.34. The smallest absolute Gasteiger partial charge is 0.291 e. The van der Waals surface area contributed by atoms with Gasteiger partial charge in [-0.25, -0.2) is 0 Å². The van der Waals surface area contributed by atoms with Gasteiger partial charge in [0.15, 0.2) is 16.9 Å². The van der Waals surface area contributed by atoms with E-state index in [-0.39, 0.29) is 40.7 Å². The molecule has 1 atom stereocenters. The first kappa shape index (κ1) is 19.8. The van der Waals surface area contributed by atoms with E-state index in [4.69, 9.17) is 9.15 Å². The Hall–Kier alpha value is -4.13. The van der Waals surface area contributed by atoms with Crippen LogP contribution in [0, 0.1) is 0 Å². The minimum absolute atomic E-state index is 0.00972. The zero-order chi connectivity index (χ0) is 22.2. The second kappa shape index (κ2) is 7.85. The number of ether oxygens (including phenoxy) is 1. The summed E-state index contributed by atoms with van der Waals surface area (Å²) in [6, 6.07) is 14.7. The number of hydrogen-bond acceptors (Lipinski definition) is 6. The van der Waals surface area contributed by atoms with Crippen molar-refractivity contribution in [2.45, 2.75) is 19.5 Å². The molecule has 1 aliphatic rings. The summed E-state index contributed by atoms with van der Waals surface area (Å²) in [5.74, 6) is -0.0572. The number of pyridine rings is 1. The number of phenols is 1. The molecule has 0 unspecified atom stereocenters. The molecule has 0 fully saturated rings. The number of fused-ring (bicyclic) bond motifs is 2. The highest BCUT2D eigenvalue weighted by Gasteiger charge is 2.43. The Labute approximate surface area is 183 Å². The number of nitrogens with zero attached hydrogens (tertiary/aromatic N) is 2. The summed E-state index contributed by atoms with van der Waals surface area (Å²) in [5, 5.41) is 10.6. The highest BCUT2D eigenvalue weighted by atomic mass is 16.5. The molecule has 7 nitrogen and oxygen atoms in total. The van der Waals surface area contributed by atoms with Gasteiger partial charge >= 0.3 is 0 Å². The van der Waals surface area contributed by atoms with Gasteiger partial charge in [0.1, 0.15) is 5.58 Å². The third-order valence-electron chi connectivity index (χ3n) is 5.55. The minimum atomic E-state index is -0.696. The molecule has 0 radical (unpaired) electrons. The van der Waals surface area contributed by atoms with Gasteiger partial charge in [-0.2, -0.15) is 0 Å². The lowest BCUT2D eigenvalue weighted by atomic mass is 9.98. The van der Waals surface area contributed by atoms with Crippen molar-refractivity contribution in [1.29, 1.82) is 0 Å². The molecule has 2 aromatic carbocycles. The molecular weight excluding hydrogens is 408 g/mol. The molecule has 3 heterocycles. The number of aromatic nitrogens is 1. The third-order valence-corrected chi connectivity index (χ3v) is 5.55. The summed E-state index contributed by atoms with van der Waals surface area (Å²) in [7, 11) is 0. The van der Waals surface area contributed by atoms with Crippen molar-refractivity contribution in [3.8, 4) is 11.5 Å². The Bertz CT molecular complexity index is 1380. The van der Waals surface area contributed by atoms with Gasteiger partial charge in [0, 0.05) is 18.9 Å².